The molecule has 3 aromatic rings. The Morgan fingerprint density at radius 2 is 1.62 bits per heavy atom. The Kier molecular flexibility index (Phi) is 7.04. The van der Waals surface area contributed by atoms with E-state index in [1.807, 2.05) is 17.9 Å². The summed E-state index contributed by atoms with van der Waals surface area (Å²) in [7, 11) is 0. The number of rotatable bonds is 5. The number of anilines is 1. The van der Waals surface area contributed by atoms with E-state index >= 15 is 0 Å². The topological polar surface area (TPSA) is 60.9 Å². The summed E-state index contributed by atoms with van der Waals surface area (Å²) >= 11 is 1.65. The first-order valence-electron chi connectivity index (χ1n) is 13.0. The molecule has 37 heavy (non-hydrogen) atoms. The van der Waals surface area contributed by atoms with Crippen LogP contribution < -0.4 is 4.31 Å². The molecule has 2 heterocycles. The number of carbonyl (C=O) groups is 2. The molecule has 6 heteroatoms. The van der Waals surface area contributed by atoms with Crippen LogP contribution in [0, 0.1) is 20.8 Å². The molecule has 5 rings (SSSR count). The highest BCUT2D eigenvalue weighted by atomic mass is 32.2. The van der Waals surface area contributed by atoms with Gasteiger partial charge in [-0.25, -0.2) is 0 Å². The second-order valence-electron chi connectivity index (χ2n) is 10.2. The Balaban J connectivity index is 1.75. The summed E-state index contributed by atoms with van der Waals surface area (Å²) in [5.41, 5.74) is 11.2. The number of carboxylic acid groups (broad SMARTS) is 1. The van der Waals surface area contributed by atoms with Crippen molar-refractivity contribution in [1.29, 1.82) is 0 Å². The number of aryl methyl sites for hydroxylation is 1. The fourth-order valence-corrected chi connectivity index (χ4v) is 6.60. The zero-order valence-corrected chi connectivity index (χ0v) is 22.9. The smallest absolute Gasteiger partial charge is 0.307 e. The van der Waals surface area contributed by atoms with Crippen molar-refractivity contribution in [1.82, 2.24) is 4.90 Å². The van der Waals surface area contributed by atoms with Crippen molar-refractivity contribution in [2.24, 2.45) is 0 Å². The molecule has 0 radical (unpaired) electrons. The van der Waals surface area contributed by atoms with Gasteiger partial charge in [-0.3, -0.25) is 9.59 Å². The summed E-state index contributed by atoms with van der Waals surface area (Å²) in [5.74, 6) is -0.732. The van der Waals surface area contributed by atoms with E-state index < -0.39 is 5.97 Å². The Morgan fingerprint density at radius 1 is 0.919 bits per heavy atom. The van der Waals surface area contributed by atoms with Gasteiger partial charge < -0.3 is 14.3 Å². The SMILES string of the molecule is CSN1Cc2ccc(C(=O)N3CCCCC3)cc2-c2c(C)c(-c3ccc(C)cc3)c(CC(=O)O)c(C)c21. The van der Waals surface area contributed by atoms with Crippen LogP contribution in [0.5, 0.6) is 0 Å². The maximum atomic E-state index is 13.4. The van der Waals surface area contributed by atoms with E-state index in [0.717, 1.165) is 81.7 Å². The van der Waals surface area contributed by atoms with Crippen LogP contribution in [0.15, 0.2) is 42.5 Å². The molecule has 2 aliphatic rings. The molecule has 3 aromatic carbocycles. The Morgan fingerprint density at radius 3 is 2.27 bits per heavy atom. The zero-order valence-electron chi connectivity index (χ0n) is 22.1. The molecular formula is C31H34N2O3S. The average Bonchev–Trinajstić information content (AvgIpc) is 2.91. The largest absolute Gasteiger partial charge is 0.481 e. The van der Waals surface area contributed by atoms with Gasteiger partial charge in [0.1, 0.15) is 0 Å². The Bertz CT molecular complexity index is 1370. The van der Waals surface area contributed by atoms with Crippen LogP contribution in [0.1, 0.15) is 57.4 Å². The number of hydrogen-bond donors (Lipinski definition) is 1. The van der Waals surface area contributed by atoms with E-state index in [0.29, 0.717) is 6.54 Å². The quantitative estimate of drug-likeness (QED) is 0.380. The van der Waals surface area contributed by atoms with E-state index in [1.54, 1.807) is 11.9 Å². The minimum absolute atomic E-state index is 0.0360. The number of carboxylic acids is 1. The van der Waals surface area contributed by atoms with Gasteiger partial charge in [0.2, 0.25) is 0 Å². The first-order chi connectivity index (χ1) is 17.8. The number of benzene rings is 3. The highest BCUT2D eigenvalue weighted by Gasteiger charge is 2.31. The zero-order chi connectivity index (χ0) is 26.3. The summed E-state index contributed by atoms with van der Waals surface area (Å²) in [6.07, 6.45) is 5.33. The molecule has 1 fully saturated rings. The number of likely N-dealkylation sites (tertiary alicyclic amines) is 1. The molecule has 0 unspecified atom stereocenters. The van der Waals surface area contributed by atoms with Crippen molar-refractivity contribution in [2.45, 2.75) is 53.0 Å². The van der Waals surface area contributed by atoms with E-state index in [1.165, 1.54) is 12.0 Å². The third kappa shape index (κ3) is 4.63. The maximum absolute atomic E-state index is 13.4. The molecule has 192 valence electrons. The summed E-state index contributed by atoms with van der Waals surface area (Å²) in [6.45, 7) is 8.55. The predicted molar refractivity (Wildman–Crippen MR) is 152 cm³/mol. The fraction of sp³-hybridized carbons (Fsp3) is 0.355. The number of amides is 1. The highest BCUT2D eigenvalue weighted by Crippen LogP contribution is 2.50. The first kappa shape index (κ1) is 25.4. The standard InChI is InChI=1S/C31H34N2O3S/c1-19-8-10-22(11-9-19)28-21(3)29-26-16-23(31(36)32-14-6-5-7-15-32)12-13-24(26)18-33(37-4)30(29)20(2)25(28)17-27(34)35/h8-13,16H,5-7,14-15,17-18H2,1-4H3,(H,34,35). The lowest BCUT2D eigenvalue weighted by Gasteiger charge is -2.36. The molecule has 2 aliphatic heterocycles. The second kappa shape index (κ2) is 10.3. The van der Waals surface area contributed by atoms with Gasteiger partial charge in [-0.1, -0.05) is 47.8 Å². The van der Waals surface area contributed by atoms with E-state index in [4.69, 9.17) is 0 Å². The van der Waals surface area contributed by atoms with Crippen LogP contribution in [0.25, 0.3) is 22.3 Å². The van der Waals surface area contributed by atoms with Crippen molar-refractivity contribution in [3.05, 3.63) is 75.8 Å². The maximum Gasteiger partial charge on any atom is 0.307 e. The van der Waals surface area contributed by atoms with Crippen molar-refractivity contribution in [3.63, 3.8) is 0 Å². The van der Waals surface area contributed by atoms with Gasteiger partial charge in [0.05, 0.1) is 18.7 Å². The third-order valence-electron chi connectivity index (χ3n) is 7.82. The van der Waals surface area contributed by atoms with Crippen molar-refractivity contribution >= 4 is 29.5 Å². The molecule has 1 N–H and O–H groups in total. The number of carbonyl (C=O) groups excluding carboxylic acids is 1. The molecule has 1 amide bonds. The summed E-state index contributed by atoms with van der Waals surface area (Å²) in [4.78, 5) is 27.4. The summed E-state index contributed by atoms with van der Waals surface area (Å²) < 4.78 is 2.26. The number of aliphatic carboxylic acids is 1. The highest BCUT2D eigenvalue weighted by molar-refractivity contribution is 7.99. The molecule has 0 saturated carbocycles. The van der Waals surface area contributed by atoms with E-state index in [2.05, 4.69) is 60.8 Å². The predicted octanol–water partition coefficient (Wildman–Crippen LogP) is 6.80. The van der Waals surface area contributed by atoms with Crippen molar-refractivity contribution in [3.8, 4) is 22.3 Å². The van der Waals surface area contributed by atoms with Gasteiger partial charge in [0.15, 0.2) is 0 Å². The minimum Gasteiger partial charge on any atom is -0.481 e. The van der Waals surface area contributed by atoms with Gasteiger partial charge in [0.25, 0.3) is 5.91 Å². The van der Waals surface area contributed by atoms with Crippen LogP contribution in [0.4, 0.5) is 5.69 Å². The van der Waals surface area contributed by atoms with Gasteiger partial charge in [0, 0.05) is 30.5 Å². The van der Waals surface area contributed by atoms with Crippen LogP contribution in [-0.2, 0) is 17.8 Å². The molecule has 0 bridgehead atoms. The van der Waals surface area contributed by atoms with Gasteiger partial charge in [-0.15, -0.1) is 0 Å². The lowest BCUT2D eigenvalue weighted by Crippen LogP contribution is -2.35. The fourth-order valence-electron chi connectivity index (χ4n) is 5.92. The number of piperidine rings is 1. The van der Waals surface area contributed by atoms with Crippen LogP contribution in [0.3, 0.4) is 0 Å². The monoisotopic (exact) mass is 514 g/mol. The van der Waals surface area contributed by atoms with Gasteiger partial charge >= 0.3 is 5.97 Å². The number of fused-ring (bicyclic) bond motifs is 3. The lowest BCUT2D eigenvalue weighted by molar-refractivity contribution is -0.136. The molecule has 0 aliphatic carbocycles. The van der Waals surface area contributed by atoms with Crippen molar-refractivity contribution < 1.29 is 14.7 Å². The van der Waals surface area contributed by atoms with E-state index in [-0.39, 0.29) is 12.3 Å². The van der Waals surface area contributed by atoms with Gasteiger partial charge in [-0.05, 0) is 91.1 Å². The molecular weight excluding hydrogens is 480 g/mol. The Labute approximate surface area is 223 Å². The molecule has 0 atom stereocenters. The number of hydrogen-bond acceptors (Lipinski definition) is 4. The van der Waals surface area contributed by atoms with Crippen molar-refractivity contribution in [2.75, 3.05) is 23.7 Å². The molecule has 1 saturated heterocycles. The molecule has 5 nitrogen and oxygen atoms in total. The van der Waals surface area contributed by atoms with E-state index in [9.17, 15) is 14.7 Å². The normalized spacial score (nSPS) is 14.8. The summed E-state index contributed by atoms with van der Waals surface area (Å²) in [6, 6.07) is 14.5. The average molecular weight is 515 g/mol. The number of nitrogens with zero attached hydrogens (tertiary/aromatic N) is 2. The molecule has 0 spiro atoms. The summed E-state index contributed by atoms with van der Waals surface area (Å²) in [5, 5.41) is 9.84. The van der Waals surface area contributed by atoms with Crippen LogP contribution in [0.2, 0.25) is 0 Å². The van der Waals surface area contributed by atoms with Crippen LogP contribution >= 0.6 is 11.9 Å². The lowest BCUT2D eigenvalue weighted by atomic mass is 9.80. The van der Waals surface area contributed by atoms with Gasteiger partial charge in [-0.2, -0.15) is 0 Å². The third-order valence-corrected chi connectivity index (χ3v) is 8.57. The molecule has 0 aromatic heterocycles. The second-order valence-corrected chi connectivity index (χ2v) is 11.0. The minimum atomic E-state index is -0.836. The first-order valence-corrected chi connectivity index (χ1v) is 14.2. The van der Waals surface area contributed by atoms with Crippen LogP contribution in [-0.4, -0.2) is 41.2 Å². The Hall–Kier alpha value is -3.25.